The fraction of sp³-hybridized carbons (Fsp3) is 0.455. The minimum absolute atomic E-state index is 0.124. The van der Waals surface area contributed by atoms with Crippen molar-refractivity contribution in [3.05, 3.63) is 28.7 Å². The summed E-state index contributed by atoms with van der Waals surface area (Å²) in [7, 11) is -2.01. The van der Waals surface area contributed by atoms with E-state index in [1.165, 1.54) is 0 Å². The minimum Gasteiger partial charge on any atom is -0.392 e. The third-order valence-electron chi connectivity index (χ3n) is 3.02. The van der Waals surface area contributed by atoms with Crippen LogP contribution < -0.4 is 4.72 Å². The van der Waals surface area contributed by atoms with Crippen molar-refractivity contribution in [1.29, 1.82) is 0 Å². The molecule has 0 aliphatic carbocycles. The summed E-state index contributed by atoms with van der Waals surface area (Å²) in [5.41, 5.74) is 2.36. The molecule has 110 valence electrons. The molecule has 0 amide bonds. The van der Waals surface area contributed by atoms with Crippen molar-refractivity contribution in [2.24, 2.45) is 7.05 Å². The third kappa shape index (κ3) is 2.74. The molecular weight excluding hydrogens is 282 g/mol. The van der Waals surface area contributed by atoms with E-state index in [4.69, 9.17) is 0 Å². The first-order valence-corrected chi connectivity index (χ1v) is 7.47. The number of aliphatic hydroxyl groups is 1. The predicted molar refractivity (Wildman–Crippen MR) is 71.2 cm³/mol. The molecule has 0 fully saturated rings. The van der Waals surface area contributed by atoms with Crippen LogP contribution in [0.25, 0.3) is 0 Å². The van der Waals surface area contributed by atoms with Crippen LogP contribution in [0.15, 0.2) is 11.2 Å². The Bertz CT molecular complexity index is 716. The summed E-state index contributed by atoms with van der Waals surface area (Å²) in [6.45, 7) is 3.20. The lowest BCUT2D eigenvalue weighted by molar-refractivity contribution is 0.277. The first-order chi connectivity index (χ1) is 9.35. The maximum absolute atomic E-state index is 12.2. The number of aromatic amines is 1. The van der Waals surface area contributed by atoms with Crippen molar-refractivity contribution in [1.82, 2.24) is 24.7 Å². The number of hydrogen-bond donors (Lipinski definition) is 3. The van der Waals surface area contributed by atoms with Gasteiger partial charge in [0.1, 0.15) is 0 Å². The molecule has 2 heterocycles. The molecule has 8 nitrogen and oxygen atoms in total. The van der Waals surface area contributed by atoms with Crippen LogP contribution >= 0.6 is 0 Å². The molecule has 0 aliphatic heterocycles. The zero-order valence-electron chi connectivity index (χ0n) is 11.5. The molecule has 9 heteroatoms. The van der Waals surface area contributed by atoms with Crippen LogP contribution in [0.5, 0.6) is 0 Å². The number of sulfonamides is 1. The van der Waals surface area contributed by atoms with Gasteiger partial charge >= 0.3 is 0 Å². The first kappa shape index (κ1) is 14.7. The van der Waals surface area contributed by atoms with Crippen molar-refractivity contribution in [3.8, 4) is 0 Å². The van der Waals surface area contributed by atoms with Crippen LogP contribution in [-0.2, 0) is 30.2 Å². The molecule has 2 rings (SSSR count). The Hall–Kier alpha value is -1.71. The maximum Gasteiger partial charge on any atom is 0.260 e. The SMILES string of the molecule is Cc1nn(C)cc1CNS(=O)(=O)c1n[nH]c(C)c1CO. The second-order valence-corrected chi connectivity index (χ2v) is 6.21. The van der Waals surface area contributed by atoms with Crippen molar-refractivity contribution >= 4 is 10.0 Å². The lowest BCUT2D eigenvalue weighted by Gasteiger charge is -2.05. The number of hydrogen-bond acceptors (Lipinski definition) is 5. The van der Waals surface area contributed by atoms with Gasteiger partial charge in [0, 0.05) is 36.6 Å². The number of nitrogens with zero attached hydrogens (tertiary/aromatic N) is 3. The lowest BCUT2D eigenvalue weighted by atomic mass is 10.3. The van der Waals surface area contributed by atoms with Crippen molar-refractivity contribution in [2.45, 2.75) is 32.0 Å². The summed E-state index contributed by atoms with van der Waals surface area (Å²) in [5.74, 6) is 0. The second-order valence-electron chi connectivity index (χ2n) is 4.53. The average molecular weight is 299 g/mol. The monoisotopic (exact) mass is 299 g/mol. The molecule has 3 N–H and O–H groups in total. The second kappa shape index (κ2) is 5.35. The molecular formula is C11H17N5O3S. The van der Waals surface area contributed by atoms with Gasteiger partial charge in [-0.2, -0.15) is 10.2 Å². The molecule has 0 aromatic carbocycles. The molecule has 2 aromatic rings. The molecule has 0 radical (unpaired) electrons. The van der Waals surface area contributed by atoms with E-state index >= 15 is 0 Å². The normalized spacial score (nSPS) is 12.0. The summed E-state index contributed by atoms with van der Waals surface area (Å²) in [6.07, 6.45) is 1.75. The highest BCUT2D eigenvalue weighted by Gasteiger charge is 2.23. The van der Waals surface area contributed by atoms with E-state index in [1.807, 2.05) is 6.92 Å². The molecule has 20 heavy (non-hydrogen) atoms. The molecule has 0 saturated carbocycles. The van der Waals surface area contributed by atoms with Gasteiger partial charge in [-0.15, -0.1) is 0 Å². The smallest absolute Gasteiger partial charge is 0.260 e. The number of H-pyrrole nitrogens is 1. The summed E-state index contributed by atoms with van der Waals surface area (Å²) in [6, 6.07) is 0. The Kier molecular flexibility index (Phi) is 3.93. The highest BCUT2D eigenvalue weighted by atomic mass is 32.2. The van der Waals surface area contributed by atoms with E-state index in [2.05, 4.69) is 20.0 Å². The van der Waals surface area contributed by atoms with Gasteiger partial charge in [-0.3, -0.25) is 9.78 Å². The molecule has 0 saturated heterocycles. The Balaban J connectivity index is 2.21. The highest BCUT2D eigenvalue weighted by Crippen LogP contribution is 2.16. The van der Waals surface area contributed by atoms with E-state index in [0.717, 1.165) is 11.3 Å². The summed E-state index contributed by atoms with van der Waals surface area (Å²) < 4.78 is 28.5. The first-order valence-electron chi connectivity index (χ1n) is 5.98. The van der Waals surface area contributed by atoms with Crippen LogP contribution in [0.4, 0.5) is 0 Å². The standard InChI is InChI=1S/C11H17N5O3S/c1-7-9(5-16(3)15-7)4-12-20(18,19)11-10(6-17)8(2)13-14-11/h5,12,17H,4,6H2,1-3H3,(H,13,14). The number of aryl methyl sites for hydroxylation is 3. The van der Waals surface area contributed by atoms with E-state index in [0.29, 0.717) is 5.69 Å². The van der Waals surface area contributed by atoms with Gasteiger partial charge in [0.25, 0.3) is 10.0 Å². The van der Waals surface area contributed by atoms with Crippen LogP contribution in [0, 0.1) is 13.8 Å². The lowest BCUT2D eigenvalue weighted by Crippen LogP contribution is -2.24. The topological polar surface area (TPSA) is 113 Å². The van der Waals surface area contributed by atoms with Gasteiger partial charge < -0.3 is 5.11 Å². The van der Waals surface area contributed by atoms with Crippen LogP contribution in [0.2, 0.25) is 0 Å². The summed E-state index contributed by atoms with van der Waals surface area (Å²) in [4.78, 5) is 0. The van der Waals surface area contributed by atoms with Gasteiger partial charge in [-0.05, 0) is 13.8 Å². The quantitative estimate of drug-likeness (QED) is 0.703. The van der Waals surface area contributed by atoms with E-state index < -0.39 is 10.0 Å². The minimum atomic E-state index is -3.78. The van der Waals surface area contributed by atoms with Crippen molar-refractivity contribution < 1.29 is 13.5 Å². The molecule has 0 bridgehead atoms. The molecule has 0 unspecified atom stereocenters. The van der Waals surface area contributed by atoms with Crippen molar-refractivity contribution in [3.63, 3.8) is 0 Å². The van der Waals surface area contributed by atoms with Crippen molar-refractivity contribution in [2.75, 3.05) is 0 Å². The van der Waals surface area contributed by atoms with Gasteiger partial charge in [0.15, 0.2) is 5.03 Å². The van der Waals surface area contributed by atoms with E-state index in [9.17, 15) is 13.5 Å². The van der Waals surface area contributed by atoms with Crippen LogP contribution in [-0.4, -0.2) is 33.5 Å². The van der Waals surface area contributed by atoms with Gasteiger partial charge in [-0.25, -0.2) is 13.1 Å². The van der Waals surface area contributed by atoms with Crippen LogP contribution in [0.1, 0.15) is 22.5 Å². The molecule has 0 atom stereocenters. The van der Waals surface area contributed by atoms with Gasteiger partial charge in [0.2, 0.25) is 0 Å². The Morgan fingerprint density at radius 2 is 2.15 bits per heavy atom. The van der Waals surface area contributed by atoms with E-state index in [1.54, 1.807) is 24.9 Å². The number of aliphatic hydroxyl groups excluding tert-OH is 1. The highest BCUT2D eigenvalue weighted by molar-refractivity contribution is 7.89. The molecule has 2 aromatic heterocycles. The Labute approximate surface area is 116 Å². The Morgan fingerprint density at radius 1 is 1.45 bits per heavy atom. The molecule has 0 spiro atoms. The third-order valence-corrected chi connectivity index (χ3v) is 4.39. The van der Waals surface area contributed by atoms with Gasteiger partial charge in [-0.1, -0.05) is 0 Å². The largest absolute Gasteiger partial charge is 0.392 e. The molecule has 0 aliphatic rings. The number of aromatic nitrogens is 4. The average Bonchev–Trinajstić information content (AvgIpc) is 2.90. The zero-order chi connectivity index (χ0) is 14.9. The number of rotatable bonds is 5. The van der Waals surface area contributed by atoms with E-state index in [-0.39, 0.29) is 23.7 Å². The van der Waals surface area contributed by atoms with Crippen LogP contribution in [0.3, 0.4) is 0 Å². The zero-order valence-corrected chi connectivity index (χ0v) is 12.3. The number of nitrogens with one attached hydrogen (secondary N) is 2. The fourth-order valence-electron chi connectivity index (χ4n) is 1.90. The summed E-state index contributed by atoms with van der Waals surface area (Å²) >= 11 is 0. The Morgan fingerprint density at radius 3 is 2.70 bits per heavy atom. The summed E-state index contributed by atoms with van der Waals surface area (Å²) in [5, 5.41) is 19.5. The van der Waals surface area contributed by atoms with Gasteiger partial charge in [0.05, 0.1) is 12.3 Å². The maximum atomic E-state index is 12.2. The fourth-order valence-corrected chi connectivity index (χ4v) is 3.09. The predicted octanol–water partition coefficient (Wildman–Crippen LogP) is -0.269.